The quantitative estimate of drug-likeness (QED) is 0.800. The molecule has 2 aliphatic rings. The molecule has 9 heteroatoms. The fraction of sp³-hybridized carbons (Fsp3) is 0.375. The second kappa shape index (κ2) is 8.71. The van der Waals surface area contributed by atoms with Gasteiger partial charge in [0.2, 0.25) is 12.7 Å². The number of benzene rings is 1. The second-order valence-corrected chi connectivity index (χ2v) is 6.58. The van der Waals surface area contributed by atoms with E-state index in [1.54, 1.807) is 0 Å². The van der Waals surface area contributed by atoms with Gasteiger partial charge in [0.1, 0.15) is 5.01 Å². The number of fused-ring (bicyclic) bond motifs is 1. The number of carbonyl (C=O) groups is 1. The third kappa shape index (κ3) is 4.55. The first kappa shape index (κ1) is 19.8. The third-order valence-corrected chi connectivity index (χ3v) is 4.91. The van der Waals surface area contributed by atoms with Gasteiger partial charge in [0, 0.05) is 36.5 Å². The molecule has 2 aliphatic heterocycles. The van der Waals surface area contributed by atoms with Gasteiger partial charge >= 0.3 is 0 Å². The Balaban J connectivity index is 0.00000113. The molecule has 2 aromatic rings. The van der Waals surface area contributed by atoms with Gasteiger partial charge in [-0.3, -0.25) is 4.79 Å². The number of ether oxygens (including phenoxy) is 2. The van der Waals surface area contributed by atoms with Crippen LogP contribution in [0.25, 0.3) is 10.6 Å². The molecule has 4 rings (SSSR count). The van der Waals surface area contributed by atoms with Crippen LogP contribution in [0.1, 0.15) is 5.69 Å². The minimum absolute atomic E-state index is 0. The Hall–Kier alpha value is -1.54. The summed E-state index contributed by atoms with van der Waals surface area (Å²) < 4.78 is 10.7. The molecular weight excluding hydrogens is 385 g/mol. The number of halogens is 2. The molecule has 1 saturated heterocycles. The Kier molecular flexibility index (Phi) is 6.89. The molecule has 1 fully saturated rings. The topological polar surface area (TPSA) is 72.5 Å². The summed E-state index contributed by atoms with van der Waals surface area (Å²) in [6, 6.07) is 5.77. The molecule has 0 aliphatic carbocycles. The molecule has 3 heterocycles. The van der Waals surface area contributed by atoms with Gasteiger partial charge in [0.25, 0.3) is 0 Å². The number of nitrogens with zero attached hydrogens (tertiary/aromatic N) is 1. The molecule has 0 radical (unpaired) electrons. The van der Waals surface area contributed by atoms with E-state index in [1.807, 2.05) is 23.6 Å². The third-order valence-electron chi connectivity index (χ3n) is 3.97. The Morgan fingerprint density at radius 1 is 1.28 bits per heavy atom. The first-order chi connectivity index (χ1) is 11.3. The van der Waals surface area contributed by atoms with Crippen molar-refractivity contribution in [2.24, 2.45) is 5.92 Å². The zero-order valence-electron chi connectivity index (χ0n) is 13.3. The van der Waals surface area contributed by atoms with Crippen molar-refractivity contribution in [2.75, 3.05) is 26.4 Å². The maximum absolute atomic E-state index is 12.0. The molecule has 6 nitrogen and oxygen atoms in total. The fourth-order valence-electron chi connectivity index (χ4n) is 2.53. The number of nitrogens with one attached hydrogen (secondary N) is 2. The van der Waals surface area contributed by atoms with Crippen LogP contribution in [0.15, 0.2) is 23.6 Å². The largest absolute Gasteiger partial charge is 0.454 e. The number of rotatable bonds is 5. The van der Waals surface area contributed by atoms with E-state index in [0.29, 0.717) is 12.3 Å². The molecule has 0 saturated carbocycles. The summed E-state index contributed by atoms with van der Waals surface area (Å²) in [6.07, 6.45) is 0.321. The predicted octanol–water partition coefficient (Wildman–Crippen LogP) is 2.26. The van der Waals surface area contributed by atoms with Crippen molar-refractivity contribution >= 4 is 42.1 Å². The normalized spacial score (nSPS) is 14.9. The summed E-state index contributed by atoms with van der Waals surface area (Å²) in [4.78, 5) is 16.5. The van der Waals surface area contributed by atoms with Crippen LogP contribution in [0.3, 0.4) is 0 Å². The van der Waals surface area contributed by atoms with Crippen LogP contribution < -0.4 is 20.1 Å². The lowest BCUT2D eigenvalue weighted by Crippen LogP contribution is -2.48. The van der Waals surface area contributed by atoms with Crippen LogP contribution in [0, 0.1) is 5.92 Å². The van der Waals surface area contributed by atoms with Crippen molar-refractivity contribution in [3.63, 3.8) is 0 Å². The highest BCUT2D eigenvalue weighted by Gasteiger charge is 2.18. The highest BCUT2D eigenvalue weighted by molar-refractivity contribution is 7.13. The minimum Gasteiger partial charge on any atom is -0.454 e. The Morgan fingerprint density at radius 3 is 2.84 bits per heavy atom. The Morgan fingerprint density at radius 2 is 2.08 bits per heavy atom. The zero-order valence-corrected chi connectivity index (χ0v) is 15.8. The molecular formula is C16H19Cl2N3O3S. The van der Waals surface area contributed by atoms with Gasteiger partial charge in [-0.05, 0) is 18.2 Å². The van der Waals surface area contributed by atoms with Gasteiger partial charge in [0.05, 0.1) is 12.1 Å². The molecule has 0 atom stereocenters. The second-order valence-electron chi connectivity index (χ2n) is 5.72. The van der Waals surface area contributed by atoms with Gasteiger partial charge < -0.3 is 20.1 Å². The van der Waals surface area contributed by atoms with E-state index in [1.165, 1.54) is 11.3 Å². The Labute approximate surface area is 162 Å². The number of hydrogen-bond donors (Lipinski definition) is 2. The summed E-state index contributed by atoms with van der Waals surface area (Å²) in [6.45, 7) is 2.99. The maximum atomic E-state index is 12.0. The van der Waals surface area contributed by atoms with Gasteiger partial charge in [-0.25, -0.2) is 4.98 Å². The Bertz CT molecular complexity index is 737. The molecule has 2 N–H and O–H groups in total. The van der Waals surface area contributed by atoms with Crippen molar-refractivity contribution in [3.8, 4) is 22.1 Å². The van der Waals surface area contributed by atoms with E-state index in [-0.39, 0.29) is 37.5 Å². The molecule has 1 amide bonds. The summed E-state index contributed by atoms with van der Waals surface area (Å²) in [5.74, 6) is 2.10. The number of hydrogen-bond acceptors (Lipinski definition) is 6. The molecule has 0 spiro atoms. The lowest BCUT2D eigenvalue weighted by molar-refractivity contribution is -0.120. The molecule has 1 aromatic heterocycles. The van der Waals surface area contributed by atoms with Crippen LogP contribution >= 0.6 is 36.2 Å². The van der Waals surface area contributed by atoms with E-state index in [4.69, 9.17) is 9.47 Å². The van der Waals surface area contributed by atoms with Crippen molar-refractivity contribution < 1.29 is 14.3 Å². The first-order valence-corrected chi connectivity index (χ1v) is 8.48. The highest BCUT2D eigenvalue weighted by Crippen LogP contribution is 2.36. The molecule has 136 valence electrons. The van der Waals surface area contributed by atoms with E-state index >= 15 is 0 Å². The number of carbonyl (C=O) groups excluding carboxylic acids is 1. The van der Waals surface area contributed by atoms with Crippen LogP contribution in [-0.2, 0) is 11.2 Å². The van der Waals surface area contributed by atoms with Gasteiger partial charge in [-0.15, -0.1) is 36.2 Å². The maximum Gasteiger partial charge on any atom is 0.231 e. The van der Waals surface area contributed by atoms with Crippen LogP contribution in [-0.4, -0.2) is 37.3 Å². The van der Waals surface area contributed by atoms with Crippen LogP contribution in [0.4, 0.5) is 0 Å². The molecule has 0 unspecified atom stereocenters. The van der Waals surface area contributed by atoms with Crippen LogP contribution in [0.5, 0.6) is 11.5 Å². The molecule has 1 aromatic carbocycles. The average molecular weight is 404 g/mol. The summed E-state index contributed by atoms with van der Waals surface area (Å²) in [5, 5.41) is 8.98. The minimum atomic E-state index is 0. The van der Waals surface area contributed by atoms with Crippen molar-refractivity contribution in [1.29, 1.82) is 0 Å². The lowest BCUT2D eigenvalue weighted by Gasteiger charge is -2.26. The molecule has 0 bridgehead atoms. The number of amides is 1. The zero-order chi connectivity index (χ0) is 15.6. The highest BCUT2D eigenvalue weighted by atomic mass is 35.5. The first-order valence-electron chi connectivity index (χ1n) is 7.60. The average Bonchev–Trinajstić information content (AvgIpc) is 3.13. The monoisotopic (exact) mass is 403 g/mol. The van der Waals surface area contributed by atoms with Crippen molar-refractivity contribution in [2.45, 2.75) is 6.42 Å². The van der Waals surface area contributed by atoms with E-state index in [0.717, 1.165) is 47.4 Å². The standard InChI is InChI=1S/C16H17N3O3S.2ClH/c20-15(18-7-10-5-17-6-10)4-12-8-23-16(19-12)11-1-2-13-14(3-11)22-9-21-13;;/h1-3,8,10,17H,4-7,9H2,(H,18,20);2*1H. The van der Waals surface area contributed by atoms with E-state index in [2.05, 4.69) is 15.6 Å². The lowest BCUT2D eigenvalue weighted by atomic mass is 10.0. The van der Waals surface area contributed by atoms with Gasteiger partial charge in [0.15, 0.2) is 11.5 Å². The number of thiazole rings is 1. The molecule has 25 heavy (non-hydrogen) atoms. The van der Waals surface area contributed by atoms with Crippen LogP contribution in [0.2, 0.25) is 0 Å². The fourth-order valence-corrected chi connectivity index (χ4v) is 3.35. The van der Waals surface area contributed by atoms with E-state index < -0.39 is 0 Å². The number of aromatic nitrogens is 1. The van der Waals surface area contributed by atoms with Gasteiger partial charge in [-0.1, -0.05) is 0 Å². The summed E-state index contributed by atoms with van der Waals surface area (Å²) in [5.41, 5.74) is 1.78. The van der Waals surface area contributed by atoms with E-state index in [9.17, 15) is 4.79 Å². The van der Waals surface area contributed by atoms with Crippen molar-refractivity contribution in [1.82, 2.24) is 15.6 Å². The van der Waals surface area contributed by atoms with Gasteiger partial charge in [-0.2, -0.15) is 0 Å². The summed E-state index contributed by atoms with van der Waals surface area (Å²) >= 11 is 1.53. The van der Waals surface area contributed by atoms with Crippen molar-refractivity contribution in [3.05, 3.63) is 29.3 Å². The SMILES string of the molecule is Cl.Cl.O=C(Cc1csc(-c2ccc3c(c2)OCO3)n1)NCC1CNC1. The predicted molar refractivity (Wildman–Crippen MR) is 101 cm³/mol. The smallest absolute Gasteiger partial charge is 0.231 e. The summed E-state index contributed by atoms with van der Waals surface area (Å²) in [7, 11) is 0.